The number of carbonyl (C=O) groups is 1. The van der Waals surface area contributed by atoms with Crippen molar-refractivity contribution in [3.63, 3.8) is 0 Å². The molecule has 0 atom stereocenters. The van der Waals surface area contributed by atoms with Gasteiger partial charge in [0, 0.05) is 18.7 Å². The largest absolute Gasteiger partial charge is 0.291 e. The molecular weight excluding hydrogens is 396 g/mol. The van der Waals surface area contributed by atoms with E-state index in [0.29, 0.717) is 10.8 Å². The summed E-state index contributed by atoms with van der Waals surface area (Å²) < 4.78 is 23.1. The highest BCUT2D eigenvalue weighted by molar-refractivity contribution is 7.91. The number of primary sulfonamides is 1. The van der Waals surface area contributed by atoms with Gasteiger partial charge < -0.3 is 0 Å². The molecule has 0 unspecified atom stereocenters. The second-order valence-corrected chi connectivity index (χ2v) is 9.22. The lowest BCUT2D eigenvalue weighted by Crippen LogP contribution is -2.27. The Morgan fingerprint density at radius 2 is 1.89 bits per heavy atom. The van der Waals surface area contributed by atoms with Crippen molar-refractivity contribution in [2.24, 2.45) is 5.14 Å². The zero-order valence-electron chi connectivity index (χ0n) is 15.8. The van der Waals surface area contributed by atoms with E-state index < -0.39 is 10.0 Å². The molecule has 0 aliphatic heterocycles. The van der Waals surface area contributed by atoms with Crippen LogP contribution in [0.3, 0.4) is 0 Å². The standard InChI is InChI=1S/C19H20N4O3S2/c1-12-8-9-21-11-16(12)15-6-4-14(5-7-15)10-17(24)23(3)19-22-13(2)18(27-19)28(20,25)26/h4-9,11H,10H2,1-3H3,(H2,20,25,26)/p+1. The first kappa shape index (κ1) is 20.1. The highest BCUT2D eigenvalue weighted by Crippen LogP contribution is 2.29. The number of hydrogen-bond donors (Lipinski definition) is 1. The van der Waals surface area contributed by atoms with Crippen molar-refractivity contribution >= 4 is 32.4 Å². The molecule has 0 spiro atoms. The minimum Gasteiger partial charge on any atom is -0.291 e. The van der Waals surface area contributed by atoms with Crippen LogP contribution in [-0.4, -0.2) is 26.4 Å². The van der Waals surface area contributed by atoms with Gasteiger partial charge in [-0.3, -0.25) is 9.69 Å². The summed E-state index contributed by atoms with van der Waals surface area (Å²) in [6.07, 6.45) is 4.00. The summed E-state index contributed by atoms with van der Waals surface area (Å²) in [4.78, 5) is 21.2. The normalized spacial score (nSPS) is 11.4. The molecule has 1 amide bonds. The van der Waals surface area contributed by atoms with Gasteiger partial charge in [0.05, 0.1) is 12.1 Å². The van der Waals surface area contributed by atoms with E-state index in [1.165, 1.54) is 4.90 Å². The predicted octanol–water partition coefficient (Wildman–Crippen LogP) is 2.09. The van der Waals surface area contributed by atoms with E-state index in [-0.39, 0.29) is 16.5 Å². The molecule has 146 valence electrons. The molecule has 0 fully saturated rings. The van der Waals surface area contributed by atoms with Gasteiger partial charge in [0.25, 0.3) is 0 Å². The third kappa shape index (κ3) is 4.27. The number of aryl methyl sites for hydroxylation is 2. The number of aromatic nitrogens is 2. The number of amides is 1. The van der Waals surface area contributed by atoms with Crippen molar-refractivity contribution in [2.45, 2.75) is 24.5 Å². The lowest BCUT2D eigenvalue weighted by atomic mass is 10.0. The number of benzene rings is 1. The lowest BCUT2D eigenvalue weighted by Gasteiger charge is -2.14. The molecule has 2 aromatic heterocycles. The Labute approximate surface area is 167 Å². The molecule has 0 aliphatic rings. The fraction of sp³-hybridized carbons (Fsp3) is 0.211. The van der Waals surface area contributed by atoms with E-state index in [2.05, 4.69) is 9.97 Å². The number of thiazole rings is 1. The maximum Gasteiger partial charge on any atom is 0.249 e. The Morgan fingerprint density at radius 1 is 1.21 bits per heavy atom. The number of aromatic amines is 1. The molecular formula is C19H21N4O3S2+. The maximum absolute atomic E-state index is 12.6. The highest BCUT2D eigenvalue weighted by Gasteiger charge is 2.22. The Balaban J connectivity index is 1.75. The average molecular weight is 418 g/mol. The van der Waals surface area contributed by atoms with Gasteiger partial charge in [0.2, 0.25) is 15.9 Å². The van der Waals surface area contributed by atoms with Crippen LogP contribution in [0.2, 0.25) is 0 Å². The average Bonchev–Trinajstić information content (AvgIpc) is 3.04. The lowest BCUT2D eigenvalue weighted by molar-refractivity contribution is -0.377. The van der Waals surface area contributed by atoms with Crippen LogP contribution in [0.4, 0.5) is 5.13 Å². The van der Waals surface area contributed by atoms with Gasteiger partial charge >= 0.3 is 0 Å². The summed E-state index contributed by atoms with van der Waals surface area (Å²) in [6.45, 7) is 3.60. The third-order valence-corrected chi connectivity index (χ3v) is 7.15. The fourth-order valence-corrected chi connectivity index (χ4v) is 4.72. The first-order chi connectivity index (χ1) is 13.2. The van der Waals surface area contributed by atoms with Crippen molar-refractivity contribution in [1.29, 1.82) is 0 Å². The molecule has 0 saturated heterocycles. The number of pyridine rings is 1. The van der Waals surface area contributed by atoms with Crippen LogP contribution in [0.25, 0.3) is 11.1 Å². The molecule has 2 heterocycles. The molecule has 0 bridgehead atoms. The van der Waals surface area contributed by atoms with Crippen LogP contribution >= 0.6 is 11.3 Å². The fourth-order valence-electron chi connectivity index (χ4n) is 2.80. The monoisotopic (exact) mass is 417 g/mol. The van der Waals surface area contributed by atoms with Crippen molar-refractivity contribution in [3.05, 3.63) is 59.5 Å². The Morgan fingerprint density at radius 3 is 2.46 bits per heavy atom. The van der Waals surface area contributed by atoms with Gasteiger partial charge in [-0.25, -0.2) is 23.5 Å². The van der Waals surface area contributed by atoms with Crippen LogP contribution in [-0.2, 0) is 21.2 Å². The first-order valence-electron chi connectivity index (χ1n) is 8.49. The molecule has 3 aromatic rings. The van der Waals surface area contributed by atoms with Crippen LogP contribution in [0.5, 0.6) is 0 Å². The topological polar surface area (TPSA) is 108 Å². The second-order valence-electron chi connectivity index (χ2n) is 6.48. The van der Waals surface area contributed by atoms with Crippen molar-refractivity contribution in [1.82, 2.24) is 4.98 Å². The minimum atomic E-state index is -3.85. The summed E-state index contributed by atoms with van der Waals surface area (Å²) in [6, 6.07) is 9.79. The zero-order valence-corrected chi connectivity index (χ0v) is 17.4. The zero-order chi connectivity index (χ0) is 20.5. The second kappa shape index (κ2) is 7.78. The van der Waals surface area contributed by atoms with E-state index in [1.54, 1.807) is 14.0 Å². The van der Waals surface area contributed by atoms with Gasteiger partial charge in [0.15, 0.2) is 21.7 Å². The van der Waals surface area contributed by atoms with Crippen LogP contribution < -0.4 is 15.0 Å². The van der Waals surface area contributed by atoms with Crippen LogP contribution in [0.1, 0.15) is 16.8 Å². The van der Waals surface area contributed by atoms with Crippen molar-refractivity contribution < 1.29 is 18.2 Å². The van der Waals surface area contributed by atoms with E-state index in [4.69, 9.17) is 5.14 Å². The molecule has 9 heteroatoms. The van der Waals surface area contributed by atoms with Gasteiger partial charge in [-0.05, 0) is 30.5 Å². The van der Waals surface area contributed by atoms with E-state index in [0.717, 1.165) is 33.6 Å². The predicted molar refractivity (Wildman–Crippen MR) is 109 cm³/mol. The summed E-state index contributed by atoms with van der Waals surface area (Å²) in [5, 5.41) is 5.48. The molecule has 0 radical (unpaired) electrons. The van der Waals surface area contributed by atoms with Gasteiger partial charge in [-0.2, -0.15) is 0 Å². The number of nitrogens with zero attached hydrogens (tertiary/aromatic N) is 2. The molecule has 3 rings (SSSR count). The third-order valence-electron chi connectivity index (χ3n) is 4.36. The van der Waals surface area contributed by atoms with E-state index in [9.17, 15) is 13.2 Å². The number of hydrogen-bond acceptors (Lipinski definition) is 5. The molecule has 0 saturated carbocycles. The van der Waals surface area contributed by atoms with E-state index in [1.807, 2.05) is 49.6 Å². The SMILES string of the molecule is Cc1cc[nH+]cc1-c1ccc(CC(=O)N(C)c2nc(C)c(S(N)(=O)=O)s2)cc1. The number of carbonyl (C=O) groups excluding carboxylic acids is 1. The van der Waals surface area contributed by atoms with Crippen molar-refractivity contribution in [3.8, 4) is 11.1 Å². The number of nitrogens with one attached hydrogen (secondary N) is 1. The van der Waals surface area contributed by atoms with Crippen LogP contribution in [0.15, 0.2) is 46.9 Å². The number of anilines is 1. The number of nitrogens with two attached hydrogens (primary N) is 1. The first-order valence-corrected chi connectivity index (χ1v) is 10.9. The maximum atomic E-state index is 12.6. The Kier molecular flexibility index (Phi) is 5.59. The number of sulfonamides is 1. The van der Waals surface area contributed by atoms with Crippen molar-refractivity contribution in [2.75, 3.05) is 11.9 Å². The number of likely N-dealkylation sites (N-methyl/N-ethyl adjacent to an activating group) is 1. The number of H-pyrrole nitrogens is 1. The molecule has 7 nitrogen and oxygen atoms in total. The number of rotatable bonds is 5. The Bertz CT molecular complexity index is 1120. The van der Waals surface area contributed by atoms with Gasteiger partial charge in [-0.15, -0.1) is 0 Å². The Hall–Kier alpha value is -2.62. The van der Waals surface area contributed by atoms with Gasteiger partial charge in [0.1, 0.15) is 0 Å². The summed E-state index contributed by atoms with van der Waals surface area (Å²) in [7, 11) is -2.28. The summed E-state index contributed by atoms with van der Waals surface area (Å²) in [5.41, 5.74) is 4.48. The van der Waals surface area contributed by atoms with Crippen LogP contribution in [0, 0.1) is 13.8 Å². The smallest absolute Gasteiger partial charge is 0.249 e. The molecule has 3 N–H and O–H groups in total. The minimum absolute atomic E-state index is 0.0264. The molecule has 0 aliphatic carbocycles. The summed E-state index contributed by atoms with van der Waals surface area (Å²) in [5.74, 6) is -0.188. The summed E-state index contributed by atoms with van der Waals surface area (Å²) >= 11 is 0.892. The van der Waals surface area contributed by atoms with Gasteiger partial charge in [-0.1, -0.05) is 35.6 Å². The van der Waals surface area contributed by atoms with E-state index >= 15 is 0 Å². The highest BCUT2D eigenvalue weighted by atomic mass is 32.2. The molecule has 1 aromatic carbocycles. The molecule has 28 heavy (non-hydrogen) atoms. The quantitative estimate of drug-likeness (QED) is 0.686.